The Morgan fingerprint density at radius 2 is 2.00 bits per heavy atom. The zero-order chi connectivity index (χ0) is 20.7. The molecule has 5 heteroatoms. The minimum absolute atomic E-state index is 0.506. The third-order valence-corrected chi connectivity index (χ3v) is 7.03. The minimum Gasteiger partial charge on any atom is -0.344 e. The lowest BCUT2D eigenvalue weighted by Crippen LogP contribution is -2.31. The molecule has 1 unspecified atom stereocenters. The van der Waals surface area contributed by atoms with Gasteiger partial charge in [0.1, 0.15) is 11.6 Å². The Balaban J connectivity index is 1.29. The topological polar surface area (TPSA) is 46.0 Å². The number of anilines is 1. The molecule has 0 amide bonds. The Bertz CT molecular complexity index is 1080. The SMILES string of the molecule is C=C(Nc1cc2cc(-c3cnc(C)n3C)ccc2cn1)C1CCN(CC2CCC2)C1. The van der Waals surface area contributed by atoms with Gasteiger partial charge in [-0.25, -0.2) is 9.97 Å². The molecule has 3 aromatic rings. The zero-order valence-corrected chi connectivity index (χ0v) is 18.1. The average molecular weight is 402 g/mol. The van der Waals surface area contributed by atoms with Crippen molar-refractivity contribution in [3.05, 3.63) is 54.8 Å². The summed E-state index contributed by atoms with van der Waals surface area (Å²) in [6.07, 6.45) is 9.33. The van der Waals surface area contributed by atoms with Crippen LogP contribution in [0.4, 0.5) is 5.82 Å². The number of aryl methyl sites for hydroxylation is 1. The lowest BCUT2D eigenvalue weighted by molar-refractivity contribution is 0.202. The van der Waals surface area contributed by atoms with Crippen molar-refractivity contribution in [3.8, 4) is 11.3 Å². The van der Waals surface area contributed by atoms with Crippen molar-refractivity contribution in [1.29, 1.82) is 0 Å². The molecule has 1 N–H and O–H groups in total. The quantitative estimate of drug-likeness (QED) is 0.632. The molecule has 156 valence electrons. The van der Waals surface area contributed by atoms with E-state index >= 15 is 0 Å². The predicted molar refractivity (Wildman–Crippen MR) is 123 cm³/mol. The highest BCUT2D eigenvalue weighted by molar-refractivity contribution is 5.88. The van der Waals surface area contributed by atoms with E-state index in [9.17, 15) is 0 Å². The Labute approximate surface area is 178 Å². The second-order valence-corrected chi connectivity index (χ2v) is 9.07. The molecular weight excluding hydrogens is 370 g/mol. The Kier molecular flexibility index (Phi) is 5.07. The van der Waals surface area contributed by atoms with Crippen LogP contribution >= 0.6 is 0 Å². The fourth-order valence-corrected chi connectivity index (χ4v) is 4.73. The summed E-state index contributed by atoms with van der Waals surface area (Å²) in [5, 5.41) is 5.82. The van der Waals surface area contributed by atoms with Gasteiger partial charge in [-0.05, 0) is 56.2 Å². The summed E-state index contributed by atoms with van der Waals surface area (Å²) in [6.45, 7) is 9.97. The summed E-state index contributed by atoms with van der Waals surface area (Å²) >= 11 is 0. The van der Waals surface area contributed by atoms with Crippen LogP contribution in [0.5, 0.6) is 0 Å². The first-order valence-electron chi connectivity index (χ1n) is 11.1. The number of nitrogens with one attached hydrogen (secondary N) is 1. The van der Waals surface area contributed by atoms with Gasteiger partial charge in [0.15, 0.2) is 0 Å². The first-order valence-corrected chi connectivity index (χ1v) is 11.1. The molecule has 2 aromatic heterocycles. The van der Waals surface area contributed by atoms with E-state index in [1.807, 2.05) is 19.3 Å². The molecule has 1 aliphatic heterocycles. The number of hydrogen-bond acceptors (Lipinski definition) is 4. The fraction of sp³-hybridized carbons (Fsp3) is 0.440. The fourth-order valence-electron chi connectivity index (χ4n) is 4.73. The maximum absolute atomic E-state index is 4.63. The first-order chi connectivity index (χ1) is 14.6. The van der Waals surface area contributed by atoms with Gasteiger partial charge in [-0.2, -0.15) is 0 Å². The summed E-state index contributed by atoms with van der Waals surface area (Å²) in [7, 11) is 2.06. The van der Waals surface area contributed by atoms with Gasteiger partial charge in [-0.15, -0.1) is 0 Å². The molecule has 1 saturated heterocycles. The van der Waals surface area contributed by atoms with E-state index < -0.39 is 0 Å². The molecule has 1 aromatic carbocycles. The first kappa shape index (κ1) is 19.3. The van der Waals surface area contributed by atoms with Crippen LogP contribution in [-0.2, 0) is 7.05 Å². The highest BCUT2D eigenvalue weighted by Crippen LogP contribution is 2.31. The third-order valence-electron chi connectivity index (χ3n) is 7.03. The van der Waals surface area contributed by atoms with Crippen molar-refractivity contribution in [3.63, 3.8) is 0 Å². The van der Waals surface area contributed by atoms with E-state index in [2.05, 4.69) is 62.6 Å². The summed E-state index contributed by atoms with van der Waals surface area (Å²) in [4.78, 5) is 11.7. The van der Waals surface area contributed by atoms with Crippen molar-refractivity contribution in [2.45, 2.75) is 32.6 Å². The van der Waals surface area contributed by atoms with Gasteiger partial charge in [-0.3, -0.25) is 0 Å². The van der Waals surface area contributed by atoms with Gasteiger partial charge >= 0.3 is 0 Å². The van der Waals surface area contributed by atoms with Crippen LogP contribution in [0.2, 0.25) is 0 Å². The van der Waals surface area contributed by atoms with E-state index in [0.29, 0.717) is 5.92 Å². The van der Waals surface area contributed by atoms with E-state index in [0.717, 1.165) is 40.9 Å². The largest absolute Gasteiger partial charge is 0.344 e. The van der Waals surface area contributed by atoms with Gasteiger partial charge in [0.2, 0.25) is 0 Å². The molecule has 1 aliphatic carbocycles. The number of hydrogen-bond donors (Lipinski definition) is 1. The van der Waals surface area contributed by atoms with Crippen LogP contribution in [0.1, 0.15) is 31.5 Å². The van der Waals surface area contributed by atoms with Gasteiger partial charge < -0.3 is 14.8 Å². The summed E-state index contributed by atoms with van der Waals surface area (Å²) in [6, 6.07) is 8.63. The van der Waals surface area contributed by atoms with Gasteiger partial charge in [-0.1, -0.05) is 25.1 Å². The molecule has 0 bridgehead atoms. The molecule has 1 atom stereocenters. The average Bonchev–Trinajstić information content (AvgIpc) is 3.31. The summed E-state index contributed by atoms with van der Waals surface area (Å²) in [5.74, 6) is 3.33. The third kappa shape index (κ3) is 3.74. The van der Waals surface area contributed by atoms with Crippen molar-refractivity contribution < 1.29 is 0 Å². The van der Waals surface area contributed by atoms with Gasteiger partial charge in [0.25, 0.3) is 0 Å². The van der Waals surface area contributed by atoms with Crippen LogP contribution in [-0.4, -0.2) is 39.1 Å². The molecule has 5 rings (SSSR count). The van der Waals surface area contributed by atoms with Crippen molar-refractivity contribution >= 4 is 16.6 Å². The van der Waals surface area contributed by atoms with Crippen LogP contribution in [0, 0.1) is 18.8 Å². The molecular formula is C25H31N5. The molecule has 0 spiro atoms. The van der Waals surface area contributed by atoms with E-state index in [1.54, 1.807) is 0 Å². The molecule has 2 fully saturated rings. The maximum Gasteiger partial charge on any atom is 0.130 e. The van der Waals surface area contributed by atoms with Crippen molar-refractivity contribution in [2.75, 3.05) is 25.0 Å². The monoisotopic (exact) mass is 401 g/mol. The van der Waals surface area contributed by atoms with Crippen molar-refractivity contribution in [1.82, 2.24) is 19.4 Å². The van der Waals surface area contributed by atoms with Crippen LogP contribution in [0.25, 0.3) is 22.0 Å². The number of rotatable bonds is 6. The maximum atomic E-state index is 4.63. The lowest BCUT2D eigenvalue weighted by Gasteiger charge is -2.30. The summed E-state index contributed by atoms with van der Waals surface area (Å²) < 4.78 is 2.12. The number of fused-ring (bicyclic) bond motifs is 1. The number of pyridine rings is 1. The number of likely N-dealkylation sites (tertiary alicyclic amines) is 1. The standard InChI is InChI=1S/C25H31N5/c1-17(22-9-10-30(16-22)15-19-5-4-6-19)28-25-12-23-11-20(7-8-21(23)13-27-25)24-14-26-18(2)29(24)3/h7-8,11-14,19,22H,1,4-6,9-10,15-16H2,2-3H3,(H,27,28). The zero-order valence-electron chi connectivity index (χ0n) is 18.1. The second kappa shape index (κ2) is 7.88. The Morgan fingerprint density at radius 3 is 2.73 bits per heavy atom. The number of benzene rings is 1. The molecule has 30 heavy (non-hydrogen) atoms. The normalized spacial score (nSPS) is 19.9. The Hall–Kier alpha value is -2.66. The van der Waals surface area contributed by atoms with Crippen molar-refractivity contribution in [2.24, 2.45) is 18.9 Å². The number of nitrogens with zero attached hydrogens (tertiary/aromatic N) is 4. The molecule has 0 radical (unpaired) electrons. The predicted octanol–water partition coefficient (Wildman–Crippen LogP) is 4.99. The molecule has 5 nitrogen and oxygen atoms in total. The minimum atomic E-state index is 0.506. The molecule has 3 heterocycles. The Morgan fingerprint density at radius 1 is 1.13 bits per heavy atom. The molecule has 2 aliphatic rings. The lowest BCUT2D eigenvalue weighted by atomic mass is 9.85. The van der Waals surface area contributed by atoms with Gasteiger partial charge in [0, 0.05) is 48.9 Å². The van der Waals surface area contributed by atoms with Gasteiger partial charge in [0.05, 0.1) is 11.9 Å². The van der Waals surface area contributed by atoms with E-state index in [-0.39, 0.29) is 0 Å². The van der Waals surface area contributed by atoms with Crippen LogP contribution < -0.4 is 5.32 Å². The summed E-state index contributed by atoms with van der Waals surface area (Å²) in [5.41, 5.74) is 3.39. The molecule has 1 saturated carbocycles. The number of imidazole rings is 1. The number of aromatic nitrogens is 3. The highest BCUT2D eigenvalue weighted by Gasteiger charge is 2.28. The van der Waals surface area contributed by atoms with E-state index in [4.69, 9.17) is 0 Å². The van der Waals surface area contributed by atoms with Crippen LogP contribution in [0.3, 0.4) is 0 Å². The smallest absolute Gasteiger partial charge is 0.130 e. The van der Waals surface area contributed by atoms with Crippen LogP contribution in [0.15, 0.2) is 48.9 Å². The highest BCUT2D eigenvalue weighted by atomic mass is 15.2. The second-order valence-electron chi connectivity index (χ2n) is 9.07. The van der Waals surface area contributed by atoms with E-state index in [1.165, 1.54) is 49.7 Å².